The molecular formula is C21H17BrFN5O. The van der Waals surface area contributed by atoms with Crippen molar-refractivity contribution in [1.29, 1.82) is 0 Å². The lowest BCUT2D eigenvalue weighted by molar-refractivity contribution is 0.0937. The number of hydrogen-bond donors (Lipinski definition) is 1. The second kappa shape index (κ2) is 8.08. The highest BCUT2D eigenvalue weighted by Gasteiger charge is 2.19. The molecule has 3 heterocycles. The summed E-state index contributed by atoms with van der Waals surface area (Å²) >= 11 is 3.41. The minimum atomic E-state index is -0.323. The van der Waals surface area contributed by atoms with Crippen LogP contribution in [0.3, 0.4) is 0 Å². The predicted octanol–water partition coefficient (Wildman–Crippen LogP) is 4.60. The fraction of sp³-hybridized carbons (Fsp3) is 0.143. The van der Waals surface area contributed by atoms with E-state index in [4.69, 9.17) is 0 Å². The largest absolute Gasteiger partial charge is 0.345 e. The van der Waals surface area contributed by atoms with Crippen molar-refractivity contribution in [2.75, 3.05) is 0 Å². The lowest BCUT2D eigenvalue weighted by Gasteiger charge is -2.17. The van der Waals surface area contributed by atoms with Crippen LogP contribution < -0.4 is 5.32 Å². The average Bonchev–Trinajstić information content (AvgIpc) is 3.16. The van der Waals surface area contributed by atoms with E-state index >= 15 is 0 Å². The van der Waals surface area contributed by atoms with Crippen LogP contribution in [0.1, 0.15) is 35.3 Å². The van der Waals surface area contributed by atoms with Crippen LogP contribution in [0.4, 0.5) is 4.39 Å². The number of nitrogens with one attached hydrogen (secondary N) is 1. The molecule has 4 aromatic rings. The molecule has 0 unspecified atom stereocenters. The van der Waals surface area contributed by atoms with Gasteiger partial charge >= 0.3 is 0 Å². The molecule has 1 amide bonds. The fourth-order valence-electron chi connectivity index (χ4n) is 3.19. The van der Waals surface area contributed by atoms with Gasteiger partial charge in [-0.25, -0.2) is 9.07 Å². The number of rotatable bonds is 5. The van der Waals surface area contributed by atoms with Crippen molar-refractivity contribution >= 4 is 32.7 Å². The lowest BCUT2D eigenvalue weighted by atomic mass is 10.1. The molecule has 146 valence electrons. The van der Waals surface area contributed by atoms with Crippen molar-refractivity contribution in [1.82, 2.24) is 25.1 Å². The van der Waals surface area contributed by atoms with Crippen molar-refractivity contribution in [2.24, 2.45) is 0 Å². The topological polar surface area (TPSA) is 72.7 Å². The molecule has 0 aliphatic heterocycles. The van der Waals surface area contributed by atoms with Gasteiger partial charge in [-0.05, 0) is 58.2 Å². The Morgan fingerprint density at radius 1 is 1.14 bits per heavy atom. The third-order valence-corrected chi connectivity index (χ3v) is 5.09. The molecule has 0 fully saturated rings. The Morgan fingerprint density at radius 3 is 2.62 bits per heavy atom. The van der Waals surface area contributed by atoms with Gasteiger partial charge in [0.25, 0.3) is 5.91 Å². The van der Waals surface area contributed by atoms with Gasteiger partial charge in [0.15, 0.2) is 0 Å². The fourth-order valence-corrected chi connectivity index (χ4v) is 3.57. The molecule has 0 aliphatic carbocycles. The van der Waals surface area contributed by atoms with Gasteiger partial charge in [-0.15, -0.1) is 0 Å². The molecule has 1 aromatic carbocycles. The summed E-state index contributed by atoms with van der Waals surface area (Å²) < 4.78 is 15.7. The Hall–Kier alpha value is -3.13. The molecule has 0 bridgehead atoms. The van der Waals surface area contributed by atoms with E-state index in [0.717, 1.165) is 10.0 Å². The van der Waals surface area contributed by atoms with Gasteiger partial charge in [0.2, 0.25) is 0 Å². The highest BCUT2D eigenvalue weighted by atomic mass is 79.9. The summed E-state index contributed by atoms with van der Waals surface area (Å²) in [5, 5.41) is 8.08. The van der Waals surface area contributed by atoms with E-state index in [1.165, 1.54) is 18.3 Å². The molecule has 0 spiro atoms. The summed E-state index contributed by atoms with van der Waals surface area (Å²) in [7, 11) is 0. The summed E-state index contributed by atoms with van der Waals surface area (Å²) in [6, 6.07) is 7.74. The Labute approximate surface area is 174 Å². The maximum atomic E-state index is 13.2. The van der Waals surface area contributed by atoms with Crippen LogP contribution in [0.5, 0.6) is 0 Å². The maximum absolute atomic E-state index is 13.2. The molecule has 0 aliphatic rings. The molecule has 1 N–H and O–H groups in total. The van der Waals surface area contributed by atoms with E-state index in [2.05, 4.69) is 36.3 Å². The van der Waals surface area contributed by atoms with Gasteiger partial charge < -0.3 is 5.32 Å². The maximum Gasteiger partial charge on any atom is 0.254 e. The van der Waals surface area contributed by atoms with Crippen molar-refractivity contribution < 1.29 is 9.18 Å². The van der Waals surface area contributed by atoms with Gasteiger partial charge in [-0.2, -0.15) is 5.10 Å². The van der Waals surface area contributed by atoms with Gasteiger partial charge in [0.05, 0.1) is 35.2 Å². The second-order valence-corrected chi connectivity index (χ2v) is 7.44. The standard InChI is InChI=1S/C21H17BrFN5O/c1-2-19(13-7-14(22)9-24-8-13)27-21(29)18-10-25-12-20-17(18)11-26-28(20)16-5-3-15(23)4-6-16/h3-12,19H,2H2,1H3,(H,27,29)/t19-/m1/s1. The Kier molecular flexibility index (Phi) is 5.35. The second-order valence-electron chi connectivity index (χ2n) is 6.52. The molecule has 0 saturated heterocycles. The summed E-state index contributed by atoms with van der Waals surface area (Å²) in [5.41, 5.74) is 2.70. The molecule has 3 aromatic heterocycles. The first-order valence-electron chi connectivity index (χ1n) is 9.06. The van der Waals surface area contributed by atoms with Crippen molar-refractivity contribution in [2.45, 2.75) is 19.4 Å². The number of pyridine rings is 2. The highest BCUT2D eigenvalue weighted by Crippen LogP contribution is 2.23. The van der Waals surface area contributed by atoms with E-state index in [9.17, 15) is 9.18 Å². The molecular weight excluding hydrogens is 437 g/mol. The third-order valence-electron chi connectivity index (χ3n) is 4.65. The number of nitrogens with zero attached hydrogens (tertiary/aromatic N) is 4. The minimum Gasteiger partial charge on any atom is -0.345 e. The third kappa shape index (κ3) is 3.88. The lowest BCUT2D eigenvalue weighted by Crippen LogP contribution is -2.28. The summed E-state index contributed by atoms with van der Waals surface area (Å²) in [6.45, 7) is 2.00. The quantitative estimate of drug-likeness (QED) is 0.479. The zero-order valence-corrected chi connectivity index (χ0v) is 17.1. The monoisotopic (exact) mass is 453 g/mol. The van der Waals surface area contributed by atoms with Crippen LogP contribution in [-0.2, 0) is 0 Å². The summed E-state index contributed by atoms with van der Waals surface area (Å²) in [4.78, 5) is 21.4. The first-order valence-corrected chi connectivity index (χ1v) is 9.85. The van der Waals surface area contributed by atoms with E-state index in [1.807, 2.05) is 13.0 Å². The zero-order chi connectivity index (χ0) is 20.4. The number of benzene rings is 1. The smallest absolute Gasteiger partial charge is 0.254 e. The van der Waals surface area contributed by atoms with E-state index in [0.29, 0.717) is 28.6 Å². The van der Waals surface area contributed by atoms with Crippen molar-refractivity contribution in [3.63, 3.8) is 0 Å². The number of aromatic nitrogens is 4. The van der Waals surface area contributed by atoms with E-state index in [1.54, 1.807) is 41.6 Å². The van der Waals surface area contributed by atoms with E-state index in [-0.39, 0.29) is 17.8 Å². The molecule has 29 heavy (non-hydrogen) atoms. The first kappa shape index (κ1) is 19.2. The number of hydrogen-bond acceptors (Lipinski definition) is 4. The van der Waals surface area contributed by atoms with Gasteiger partial charge in [-0.1, -0.05) is 6.92 Å². The Balaban J connectivity index is 1.67. The molecule has 1 atom stereocenters. The average molecular weight is 454 g/mol. The minimum absolute atomic E-state index is 0.185. The molecule has 4 rings (SSSR count). The molecule has 0 radical (unpaired) electrons. The van der Waals surface area contributed by atoms with E-state index < -0.39 is 0 Å². The van der Waals surface area contributed by atoms with Crippen LogP contribution >= 0.6 is 15.9 Å². The highest BCUT2D eigenvalue weighted by molar-refractivity contribution is 9.10. The number of fused-ring (bicyclic) bond motifs is 1. The van der Waals surface area contributed by atoms with Gasteiger partial charge in [0, 0.05) is 28.4 Å². The van der Waals surface area contributed by atoms with Crippen molar-refractivity contribution in [3.8, 4) is 5.69 Å². The molecule has 0 saturated carbocycles. The number of amides is 1. The summed E-state index contributed by atoms with van der Waals surface area (Å²) in [6.07, 6.45) is 8.94. The van der Waals surface area contributed by atoms with Crippen LogP contribution in [0.25, 0.3) is 16.6 Å². The first-order chi connectivity index (χ1) is 14.1. The predicted molar refractivity (Wildman–Crippen MR) is 111 cm³/mol. The van der Waals surface area contributed by atoms with Gasteiger partial charge in [-0.3, -0.25) is 14.8 Å². The Morgan fingerprint density at radius 2 is 1.90 bits per heavy atom. The number of halogens is 2. The van der Waals surface area contributed by atoms with Gasteiger partial charge in [0.1, 0.15) is 5.82 Å². The summed E-state index contributed by atoms with van der Waals surface area (Å²) in [5.74, 6) is -0.565. The normalized spacial score (nSPS) is 12.1. The van der Waals surface area contributed by atoms with Crippen LogP contribution in [-0.4, -0.2) is 25.7 Å². The zero-order valence-electron chi connectivity index (χ0n) is 15.5. The molecule has 6 nitrogen and oxygen atoms in total. The van der Waals surface area contributed by atoms with Crippen LogP contribution in [0, 0.1) is 5.82 Å². The number of carbonyl (C=O) groups is 1. The molecule has 8 heteroatoms. The SMILES string of the molecule is CC[C@@H](NC(=O)c1cncc2c1cnn2-c1ccc(F)cc1)c1cncc(Br)c1. The van der Waals surface area contributed by atoms with Crippen LogP contribution in [0.2, 0.25) is 0 Å². The van der Waals surface area contributed by atoms with Crippen LogP contribution in [0.15, 0.2) is 65.8 Å². The number of carbonyl (C=O) groups excluding carboxylic acids is 1. The Bertz CT molecular complexity index is 1180. The van der Waals surface area contributed by atoms with Crippen molar-refractivity contribution in [3.05, 3.63) is 82.7 Å².